The van der Waals surface area contributed by atoms with Gasteiger partial charge in [0.15, 0.2) is 0 Å². The monoisotopic (exact) mass is 481 g/mol. The Hall–Kier alpha value is 0.228. The van der Waals surface area contributed by atoms with Gasteiger partial charge in [0.2, 0.25) is 0 Å². The van der Waals surface area contributed by atoms with E-state index in [4.69, 9.17) is 18.8 Å². The minimum absolute atomic E-state index is 0.472. The van der Waals surface area contributed by atoms with Crippen LogP contribution in [0.1, 0.15) is 51.4 Å². The zero-order chi connectivity index (χ0) is 14.0. The van der Waals surface area contributed by atoms with E-state index in [0.717, 1.165) is 0 Å². The van der Waals surface area contributed by atoms with Crippen molar-refractivity contribution in [3.63, 3.8) is 0 Å². The van der Waals surface area contributed by atoms with E-state index in [1.165, 1.54) is 51.4 Å². The Morgan fingerprint density at radius 2 is 0.526 bits per heavy atom. The van der Waals surface area contributed by atoms with Crippen LogP contribution in [0.3, 0.4) is 0 Å². The fourth-order valence-electron chi connectivity index (χ4n) is 1.71. The Bertz CT molecular complexity index is 200. The maximum atomic E-state index is 4.88. The molecule has 0 saturated carbocycles. The van der Waals surface area contributed by atoms with E-state index in [1.807, 2.05) is 0 Å². The number of allylic oxidation sites excluding steroid dienone is 8. The molecule has 0 aromatic rings. The standard InChI is InChI=1S/2C8H12.2ClH.Pt/c2*1-2-4-6-8-7-5-3-1;;;/h2*1-2,7-8H,3-6H2;2*1H;/q;;;;+2/p-2/b2*2-1-,8-7-;;;. The van der Waals surface area contributed by atoms with E-state index in [9.17, 15) is 0 Å². The first kappa shape index (κ1) is 19.2. The van der Waals surface area contributed by atoms with Crippen molar-refractivity contribution in [2.45, 2.75) is 51.4 Å². The Morgan fingerprint density at radius 1 is 0.421 bits per heavy atom. The summed E-state index contributed by atoms with van der Waals surface area (Å²) in [5.74, 6) is 0. The van der Waals surface area contributed by atoms with Crippen LogP contribution in [0.25, 0.3) is 0 Å². The molecule has 2 rings (SSSR count). The van der Waals surface area contributed by atoms with Gasteiger partial charge in [0.25, 0.3) is 0 Å². The number of halogens is 2. The van der Waals surface area contributed by atoms with Gasteiger partial charge in [-0.05, 0) is 51.4 Å². The zero-order valence-corrected chi connectivity index (χ0v) is 15.1. The summed E-state index contributed by atoms with van der Waals surface area (Å²) in [6, 6.07) is 0. The summed E-state index contributed by atoms with van der Waals surface area (Å²) in [6.45, 7) is 0. The molecule has 0 heterocycles. The van der Waals surface area contributed by atoms with Gasteiger partial charge in [-0.2, -0.15) is 0 Å². The van der Waals surface area contributed by atoms with Gasteiger partial charge in [0, 0.05) is 0 Å². The predicted octanol–water partition coefficient (Wildman–Crippen LogP) is 6.72. The van der Waals surface area contributed by atoms with Crippen molar-refractivity contribution in [1.82, 2.24) is 0 Å². The molecule has 0 amide bonds. The molecule has 3 heteroatoms. The molecule has 2 aliphatic carbocycles. The number of rotatable bonds is 0. The van der Waals surface area contributed by atoms with Crippen LogP contribution < -0.4 is 0 Å². The van der Waals surface area contributed by atoms with Gasteiger partial charge in [-0.1, -0.05) is 48.6 Å². The van der Waals surface area contributed by atoms with Crippen LogP contribution >= 0.6 is 18.8 Å². The van der Waals surface area contributed by atoms with Crippen molar-refractivity contribution in [3.8, 4) is 0 Å². The Kier molecular flexibility index (Phi) is 18.4. The fraction of sp³-hybridized carbons (Fsp3) is 0.500. The van der Waals surface area contributed by atoms with Crippen molar-refractivity contribution < 1.29 is 16.5 Å². The van der Waals surface area contributed by atoms with E-state index < -0.39 is 16.5 Å². The summed E-state index contributed by atoms with van der Waals surface area (Å²) >= 11 is -0.472. The van der Waals surface area contributed by atoms with Crippen LogP contribution in [0, 0.1) is 0 Å². The normalized spacial score (nSPS) is 24.7. The zero-order valence-electron chi connectivity index (χ0n) is 11.3. The minimum atomic E-state index is -0.472. The SMILES string of the molecule is C1=C\CC/C=C\CC/1.C1=C\CC/C=C\CC/1.[Cl][Pt][Cl]. The van der Waals surface area contributed by atoms with Crippen molar-refractivity contribution >= 4 is 18.8 Å². The first-order valence-corrected chi connectivity index (χ1v) is 12.5. The van der Waals surface area contributed by atoms with E-state index in [1.54, 1.807) is 0 Å². The number of hydrogen-bond donors (Lipinski definition) is 0. The quantitative estimate of drug-likeness (QED) is 0.336. The second kappa shape index (κ2) is 18.2. The van der Waals surface area contributed by atoms with Crippen molar-refractivity contribution in [3.05, 3.63) is 48.6 Å². The summed E-state index contributed by atoms with van der Waals surface area (Å²) < 4.78 is 0. The molecule has 112 valence electrons. The predicted molar refractivity (Wildman–Crippen MR) is 85.2 cm³/mol. The van der Waals surface area contributed by atoms with Crippen molar-refractivity contribution in [2.24, 2.45) is 0 Å². The molecule has 0 nitrogen and oxygen atoms in total. The van der Waals surface area contributed by atoms with E-state index in [2.05, 4.69) is 48.6 Å². The molecular weight excluding hydrogens is 458 g/mol. The third kappa shape index (κ3) is 18.2. The van der Waals surface area contributed by atoms with Crippen LogP contribution in [0.4, 0.5) is 0 Å². The third-order valence-corrected chi connectivity index (χ3v) is 2.67. The molecule has 0 atom stereocenters. The first-order valence-electron chi connectivity index (χ1n) is 6.84. The maximum absolute atomic E-state index is 4.88. The summed E-state index contributed by atoms with van der Waals surface area (Å²) in [4.78, 5) is 0. The average molecular weight is 482 g/mol. The van der Waals surface area contributed by atoms with E-state index in [-0.39, 0.29) is 0 Å². The molecule has 0 saturated heterocycles. The Morgan fingerprint density at radius 3 is 0.632 bits per heavy atom. The van der Waals surface area contributed by atoms with Gasteiger partial charge >= 0.3 is 35.3 Å². The molecule has 0 fully saturated rings. The summed E-state index contributed by atoms with van der Waals surface area (Å²) in [5, 5.41) is 0. The van der Waals surface area contributed by atoms with Crippen LogP contribution in [0.5, 0.6) is 0 Å². The Balaban J connectivity index is 0.000000284. The molecule has 0 aliphatic heterocycles. The van der Waals surface area contributed by atoms with Crippen LogP contribution in [-0.2, 0) is 16.5 Å². The van der Waals surface area contributed by atoms with Gasteiger partial charge in [-0.15, -0.1) is 0 Å². The van der Waals surface area contributed by atoms with Gasteiger partial charge < -0.3 is 0 Å². The van der Waals surface area contributed by atoms with Gasteiger partial charge in [0.05, 0.1) is 0 Å². The van der Waals surface area contributed by atoms with Crippen LogP contribution in [0.2, 0.25) is 0 Å². The van der Waals surface area contributed by atoms with Crippen LogP contribution in [-0.4, -0.2) is 0 Å². The Labute approximate surface area is 135 Å². The molecular formula is C16H24Cl2Pt. The second-order valence-electron chi connectivity index (χ2n) is 4.24. The molecule has 0 radical (unpaired) electrons. The van der Waals surface area contributed by atoms with Gasteiger partial charge in [-0.3, -0.25) is 0 Å². The van der Waals surface area contributed by atoms with E-state index >= 15 is 0 Å². The summed E-state index contributed by atoms with van der Waals surface area (Å²) in [5.41, 5.74) is 0. The molecule has 0 aromatic heterocycles. The van der Waals surface area contributed by atoms with Gasteiger partial charge in [0.1, 0.15) is 0 Å². The molecule has 0 N–H and O–H groups in total. The fourth-order valence-corrected chi connectivity index (χ4v) is 1.71. The molecule has 0 unspecified atom stereocenters. The summed E-state index contributed by atoms with van der Waals surface area (Å²) in [7, 11) is 9.75. The van der Waals surface area contributed by atoms with Crippen LogP contribution in [0.15, 0.2) is 48.6 Å². The molecule has 0 aromatic carbocycles. The molecule has 19 heavy (non-hydrogen) atoms. The second-order valence-corrected chi connectivity index (χ2v) is 7.52. The van der Waals surface area contributed by atoms with E-state index in [0.29, 0.717) is 0 Å². The first-order chi connectivity index (χ1) is 9.41. The topological polar surface area (TPSA) is 0 Å². The van der Waals surface area contributed by atoms with Gasteiger partial charge in [-0.25, -0.2) is 0 Å². The molecule has 0 bridgehead atoms. The average Bonchev–Trinajstić information content (AvgIpc) is 2.28. The summed E-state index contributed by atoms with van der Waals surface area (Å²) in [6.07, 6.45) is 28.0. The third-order valence-electron chi connectivity index (χ3n) is 2.67. The van der Waals surface area contributed by atoms with Crippen molar-refractivity contribution in [2.75, 3.05) is 0 Å². The molecule has 0 spiro atoms. The molecule has 2 aliphatic rings. The van der Waals surface area contributed by atoms with Crippen molar-refractivity contribution in [1.29, 1.82) is 0 Å². The number of hydrogen-bond acceptors (Lipinski definition) is 0.